The van der Waals surface area contributed by atoms with Gasteiger partial charge in [-0.15, -0.1) is 5.10 Å². The van der Waals surface area contributed by atoms with E-state index in [9.17, 15) is 28.8 Å². The smallest absolute Gasteiger partial charge is 0.245 e. The largest absolute Gasteiger partial charge is 0.372 e. The topological polar surface area (TPSA) is 220 Å². The average Bonchev–Trinajstić information content (AvgIpc) is 3.81. The van der Waals surface area contributed by atoms with Crippen LogP contribution >= 0.6 is 0 Å². The molecule has 2 aliphatic heterocycles. The van der Waals surface area contributed by atoms with Gasteiger partial charge in [0.25, 0.3) is 0 Å². The molecule has 54 heavy (non-hydrogen) atoms. The highest BCUT2D eigenvalue weighted by atomic mass is 16.5. The second-order valence-electron chi connectivity index (χ2n) is 14.5. The summed E-state index contributed by atoms with van der Waals surface area (Å²) >= 11 is 0. The zero-order valence-electron chi connectivity index (χ0n) is 31.1. The molecule has 2 aliphatic rings. The van der Waals surface area contributed by atoms with Gasteiger partial charge in [0.05, 0.1) is 25.1 Å². The highest BCUT2D eigenvalue weighted by Gasteiger charge is 2.38. The first kappa shape index (κ1) is 39.8. The van der Waals surface area contributed by atoms with Gasteiger partial charge >= 0.3 is 0 Å². The van der Waals surface area contributed by atoms with Crippen LogP contribution in [0.1, 0.15) is 70.6 Å². The molecule has 0 bridgehead atoms. The summed E-state index contributed by atoms with van der Waals surface area (Å²) in [4.78, 5) is 82.3. The average molecular weight is 746 g/mol. The lowest BCUT2D eigenvalue weighted by molar-refractivity contribution is -0.142. The van der Waals surface area contributed by atoms with Gasteiger partial charge < -0.3 is 36.6 Å². The number of fused-ring (bicyclic) bond motifs is 3. The van der Waals surface area contributed by atoms with E-state index in [1.807, 2.05) is 56.3 Å². The van der Waals surface area contributed by atoms with Crippen molar-refractivity contribution < 1.29 is 33.5 Å². The van der Waals surface area contributed by atoms with Crippen LogP contribution < -0.4 is 27.0 Å². The third kappa shape index (κ3) is 10.4. The molecule has 16 nitrogen and oxygen atoms in total. The number of ether oxygens (including phenoxy) is 1. The van der Waals surface area contributed by atoms with E-state index in [0.717, 1.165) is 16.3 Å². The monoisotopic (exact) mass is 745 g/mol. The summed E-state index contributed by atoms with van der Waals surface area (Å²) in [5.41, 5.74) is 7.02. The van der Waals surface area contributed by atoms with Crippen molar-refractivity contribution in [1.29, 1.82) is 0 Å². The minimum atomic E-state index is -1.29. The number of amides is 6. The molecular formula is C38H51N9O7. The first-order chi connectivity index (χ1) is 25.9. The molecule has 0 radical (unpaired) electrons. The number of hydrogen-bond acceptors (Lipinski definition) is 9. The van der Waals surface area contributed by atoms with E-state index >= 15 is 0 Å². The van der Waals surface area contributed by atoms with E-state index in [1.54, 1.807) is 11.6 Å². The van der Waals surface area contributed by atoms with Crippen LogP contribution in [0.2, 0.25) is 0 Å². The van der Waals surface area contributed by atoms with Crippen molar-refractivity contribution in [2.45, 2.75) is 109 Å². The molecule has 290 valence electrons. The Morgan fingerprint density at radius 2 is 1.76 bits per heavy atom. The molecule has 3 aromatic rings. The summed E-state index contributed by atoms with van der Waals surface area (Å²) in [5, 5.41) is 21.0. The summed E-state index contributed by atoms with van der Waals surface area (Å²) in [5.74, 6) is -3.26. The molecule has 0 aliphatic carbocycles. The molecule has 0 spiro atoms. The standard InChI is InChI=1S/C38H51N9O7/c1-23(2)18-29(34(39)49)42-36(51)31-22-54-21-27-20-40-45-47(27)17-7-6-15-33(48)41-24(3)38(53)46-16-9-14-32(46)37(52)43-30(35(50)44-31)19-26-12-8-11-25-10-4-5-13-28(25)26/h4-5,8,10-13,20,23-24,29-32H,6-7,9,14-19,21-22H2,1-3H3,(H2,39,49)(H,41,48)(H,42,51)(H,43,52)(H,44,50)/t24-,29+,30+,31+,32+/m1/s1. The van der Waals surface area contributed by atoms with Gasteiger partial charge in [-0.3, -0.25) is 28.8 Å². The van der Waals surface area contributed by atoms with Crippen molar-refractivity contribution in [3.63, 3.8) is 0 Å². The van der Waals surface area contributed by atoms with Crippen LogP contribution in [-0.2, 0) is 53.1 Å². The molecule has 5 rings (SSSR count). The summed E-state index contributed by atoms with van der Waals surface area (Å²) in [7, 11) is 0. The molecule has 1 saturated heterocycles. The first-order valence-corrected chi connectivity index (χ1v) is 18.6. The van der Waals surface area contributed by atoms with Gasteiger partial charge in [0.1, 0.15) is 30.2 Å². The summed E-state index contributed by atoms with van der Waals surface area (Å²) in [6, 6.07) is 8.12. The zero-order valence-corrected chi connectivity index (χ0v) is 31.1. The highest BCUT2D eigenvalue weighted by molar-refractivity contribution is 5.97. The highest BCUT2D eigenvalue weighted by Crippen LogP contribution is 2.22. The number of carbonyl (C=O) groups excluding carboxylic acids is 6. The molecule has 16 heteroatoms. The van der Waals surface area contributed by atoms with Crippen molar-refractivity contribution >= 4 is 46.2 Å². The Balaban J connectivity index is 1.47. The van der Waals surface area contributed by atoms with Crippen molar-refractivity contribution in [3.05, 3.63) is 59.9 Å². The van der Waals surface area contributed by atoms with Crippen LogP contribution in [-0.4, -0.2) is 98.7 Å². The molecule has 0 saturated carbocycles. The summed E-state index contributed by atoms with van der Waals surface area (Å²) in [6.07, 6.45) is 4.09. The molecule has 1 fully saturated rings. The molecular weight excluding hydrogens is 694 g/mol. The molecule has 2 aromatic carbocycles. The zero-order chi connectivity index (χ0) is 38.8. The van der Waals surface area contributed by atoms with E-state index < -0.39 is 59.7 Å². The number of carbonyl (C=O) groups is 6. The molecule has 5 atom stereocenters. The number of benzene rings is 2. The fourth-order valence-electron chi connectivity index (χ4n) is 6.95. The minimum Gasteiger partial charge on any atom is -0.372 e. The number of aryl methyl sites for hydroxylation is 1. The third-order valence-corrected chi connectivity index (χ3v) is 9.78. The Hall–Kier alpha value is -5.38. The molecule has 6 amide bonds. The maximum Gasteiger partial charge on any atom is 0.245 e. The van der Waals surface area contributed by atoms with Gasteiger partial charge in [-0.25, -0.2) is 4.68 Å². The second-order valence-corrected chi connectivity index (χ2v) is 14.5. The normalized spacial score (nSPS) is 23.0. The van der Waals surface area contributed by atoms with Crippen molar-refractivity contribution in [2.24, 2.45) is 11.7 Å². The van der Waals surface area contributed by atoms with Gasteiger partial charge in [0, 0.05) is 25.9 Å². The minimum absolute atomic E-state index is 0.00825. The van der Waals surface area contributed by atoms with Crippen LogP contribution in [0.4, 0.5) is 0 Å². The van der Waals surface area contributed by atoms with E-state index in [0.29, 0.717) is 44.5 Å². The van der Waals surface area contributed by atoms with E-state index in [2.05, 4.69) is 31.6 Å². The lowest BCUT2D eigenvalue weighted by Gasteiger charge is -2.29. The number of nitrogens with one attached hydrogen (secondary N) is 4. The maximum absolute atomic E-state index is 14.3. The lowest BCUT2D eigenvalue weighted by atomic mass is 9.97. The predicted molar refractivity (Wildman–Crippen MR) is 198 cm³/mol. The SMILES string of the molecule is CC(C)C[C@H](NC(=O)[C@@H]1COCc2cnnn2CCCCC(=O)N[C@H](C)C(=O)N2CCC[C@H]2C(=O)N[C@@H](Cc2cccc3ccccc23)C(=O)N1)C(N)=O. The van der Waals surface area contributed by atoms with Gasteiger partial charge in [-0.05, 0) is 61.3 Å². The van der Waals surface area contributed by atoms with Crippen molar-refractivity contribution in [1.82, 2.24) is 41.2 Å². The summed E-state index contributed by atoms with van der Waals surface area (Å²) < 4.78 is 7.60. The fraction of sp³-hybridized carbons (Fsp3) is 0.526. The number of hydrogen-bond donors (Lipinski definition) is 5. The van der Waals surface area contributed by atoms with Gasteiger partial charge in [-0.1, -0.05) is 61.5 Å². The van der Waals surface area contributed by atoms with E-state index in [4.69, 9.17) is 10.5 Å². The number of nitrogens with zero attached hydrogens (tertiary/aromatic N) is 4. The number of primary amides is 1. The number of nitrogens with two attached hydrogens (primary N) is 1. The maximum atomic E-state index is 14.3. The van der Waals surface area contributed by atoms with E-state index in [1.165, 1.54) is 11.1 Å². The van der Waals surface area contributed by atoms with Crippen LogP contribution in [0, 0.1) is 5.92 Å². The number of rotatable bonds is 7. The quantitative estimate of drug-likeness (QED) is 0.231. The predicted octanol–water partition coefficient (Wildman–Crippen LogP) is 0.856. The van der Waals surface area contributed by atoms with Crippen LogP contribution in [0.25, 0.3) is 10.8 Å². The Bertz CT molecular complexity index is 1820. The van der Waals surface area contributed by atoms with Crippen LogP contribution in [0.5, 0.6) is 0 Å². The van der Waals surface area contributed by atoms with Gasteiger partial charge in [0.2, 0.25) is 35.4 Å². The van der Waals surface area contributed by atoms with Gasteiger partial charge in [0.15, 0.2) is 0 Å². The van der Waals surface area contributed by atoms with Gasteiger partial charge in [-0.2, -0.15) is 0 Å². The fourth-order valence-corrected chi connectivity index (χ4v) is 6.95. The lowest BCUT2D eigenvalue weighted by Crippen LogP contribution is -2.60. The summed E-state index contributed by atoms with van der Waals surface area (Å²) in [6.45, 7) is 5.82. The van der Waals surface area contributed by atoms with Crippen molar-refractivity contribution in [2.75, 3.05) is 13.2 Å². The second kappa shape index (κ2) is 18.6. The Labute approximate surface area is 314 Å². The molecule has 0 unspecified atom stereocenters. The molecule has 1 aromatic heterocycles. The van der Waals surface area contributed by atoms with Crippen LogP contribution in [0.15, 0.2) is 48.7 Å². The molecule has 6 N–H and O–H groups in total. The van der Waals surface area contributed by atoms with E-state index in [-0.39, 0.29) is 44.3 Å². The first-order valence-electron chi connectivity index (χ1n) is 18.6. The third-order valence-electron chi connectivity index (χ3n) is 9.78. The van der Waals surface area contributed by atoms with Crippen LogP contribution in [0.3, 0.4) is 0 Å². The Morgan fingerprint density at radius 1 is 0.981 bits per heavy atom. The Kier molecular flexibility index (Phi) is 13.7. The molecule has 3 heterocycles. The Morgan fingerprint density at radius 3 is 2.54 bits per heavy atom. The van der Waals surface area contributed by atoms with Crippen molar-refractivity contribution in [3.8, 4) is 0 Å². The number of aromatic nitrogens is 3.